The van der Waals surface area contributed by atoms with Crippen LogP contribution in [0.25, 0.3) is 11.1 Å². The second kappa shape index (κ2) is 9.05. The van der Waals surface area contributed by atoms with Crippen molar-refractivity contribution in [2.24, 2.45) is 0 Å². The van der Waals surface area contributed by atoms with Crippen molar-refractivity contribution in [1.29, 1.82) is 0 Å². The van der Waals surface area contributed by atoms with Crippen molar-refractivity contribution in [3.8, 4) is 11.1 Å². The Hall–Kier alpha value is -3.61. The predicted octanol–water partition coefficient (Wildman–Crippen LogP) is 3.03. The van der Waals surface area contributed by atoms with E-state index in [0.717, 1.165) is 11.1 Å². The molecule has 0 aromatic heterocycles. The average Bonchev–Trinajstić information content (AvgIpc) is 2.72. The van der Waals surface area contributed by atoms with Crippen LogP contribution in [0.15, 0.2) is 65.9 Å². The summed E-state index contributed by atoms with van der Waals surface area (Å²) in [7, 11) is 0. The summed E-state index contributed by atoms with van der Waals surface area (Å²) >= 11 is 0. The zero-order valence-electron chi connectivity index (χ0n) is 16.2. The van der Waals surface area contributed by atoms with E-state index in [2.05, 4.69) is 10.6 Å². The van der Waals surface area contributed by atoms with Crippen LogP contribution >= 0.6 is 0 Å². The second-order valence-electron chi connectivity index (χ2n) is 6.42. The van der Waals surface area contributed by atoms with Gasteiger partial charge in [0.2, 0.25) is 0 Å². The van der Waals surface area contributed by atoms with Crippen LogP contribution in [0.1, 0.15) is 24.2 Å². The Morgan fingerprint density at radius 2 is 1.66 bits per heavy atom. The summed E-state index contributed by atoms with van der Waals surface area (Å²) in [6.45, 7) is 3.30. The van der Waals surface area contributed by atoms with Gasteiger partial charge in [-0.2, -0.15) is 0 Å². The molecule has 0 fully saturated rings. The molecule has 0 saturated carbocycles. The molecule has 2 aromatic rings. The highest BCUT2D eigenvalue weighted by atomic mass is 16.5. The molecule has 7 heteroatoms. The van der Waals surface area contributed by atoms with Crippen LogP contribution in [0.5, 0.6) is 0 Å². The molecule has 1 atom stereocenters. The molecule has 1 aliphatic heterocycles. The van der Waals surface area contributed by atoms with E-state index >= 15 is 0 Å². The van der Waals surface area contributed by atoms with Gasteiger partial charge in [0.05, 0.1) is 29.5 Å². The molecule has 7 nitrogen and oxygen atoms in total. The largest absolute Gasteiger partial charge is 0.463 e. The first-order chi connectivity index (χ1) is 14.0. The summed E-state index contributed by atoms with van der Waals surface area (Å²) in [6.07, 6.45) is 0. The molecule has 2 N–H and O–H groups in total. The van der Waals surface area contributed by atoms with Gasteiger partial charge >= 0.3 is 18.0 Å². The molecule has 0 aliphatic carbocycles. The standard InChI is InChI=1S/C22H22N2O5/c1-3-28-21(26)19-14(2)23-22(27)24-18(19)13-29-20(25)17-12-8-7-11-16(17)15-9-5-4-6-10-15/h4-12,14H,3,13H2,1-2H3,(H2,23,24,27)/t14-/m1/s1. The normalized spacial score (nSPS) is 15.9. The lowest BCUT2D eigenvalue weighted by molar-refractivity contribution is -0.139. The van der Waals surface area contributed by atoms with Gasteiger partial charge < -0.3 is 20.1 Å². The lowest BCUT2D eigenvalue weighted by Gasteiger charge is -2.26. The number of hydrogen-bond acceptors (Lipinski definition) is 5. The van der Waals surface area contributed by atoms with Crippen molar-refractivity contribution in [3.63, 3.8) is 0 Å². The third kappa shape index (κ3) is 4.63. The first-order valence-corrected chi connectivity index (χ1v) is 9.30. The maximum atomic E-state index is 12.8. The molecule has 2 amide bonds. The minimum atomic E-state index is -0.566. The topological polar surface area (TPSA) is 93.7 Å². The zero-order valence-corrected chi connectivity index (χ0v) is 16.2. The van der Waals surface area contributed by atoms with Crippen LogP contribution in [0, 0.1) is 0 Å². The number of urea groups is 1. The fraction of sp³-hybridized carbons (Fsp3) is 0.227. The molecule has 0 saturated heterocycles. The Balaban J connectivity index is 1.84. The fourth-order valence-corrected chi connectivity index (χ4v) is 3.14. The van der Waals surface area contributed by atoms with Crippen LogP contribution < -0.4 is 10.6 Å². The van der Waals surface area contributed by atoms with Crippen molar-refractivity contribution in [2.45, 2.75) is 19.9 Å². The highest BCUT2D eigenvalue weighted by Crippen LogP contribution is 2.24. The third-order valence-electron chi connectivity index (χ3n) is 4.44. The Morgan fingerprint density at radius 3 is 2.38 bits per heavy atom. The zero-order chi connectivity index (χ0) is 20.8. The highest BCUT2D eigenvalue weighted by Gasteiger charge is 2.30. The molecule has 2 aromatic carbocycles. The Kier molecular flexibility index (Phi) is 6.29. The lowest BCUT2D eigenvalue weighted by atomic mass is 10.00. The quantitative estimate of drug-likeness (QED) is 0.735. The van der Waals surface area contributed by atoms with Crippen LogP contribution in [-0.4, -0.2) is 37.2 Å². The van der Waals surface area contributed by atoms with Crippen molar-refractivity contribution in [2.75, 3.05) is 13.2 Å². The highest BCUT2D eigenvalue weighted by molar-refractivity contribution is 5.98. The number of carbonyl (C=O) groups excluding carboxylic acids is 3. The number of rotatable bonds is 6. The van der Waals surface area contributed by atoms with E-state index in [4.69, 9.17) is 9.47 Å². The Labute approximate surface area is 168 Å². The van der Waals surface area contributed by atoms with Gasteiger partial charge in [0.25, 0.3) is 0 Å². The van der Waals surface area contributed by atoms with E-state index in [1.807, 2.05) is 42.5 Å². The van der Waals surface area contributed by atoms with Crippen LogP contribution in [0.4, 0.5) is 4.79 Å². The monoisotopic (exact) mass is 394 g/mol. The number of ether oxygens (including phenoxy) is 2. The first-order valence-electron chi connectivity index (χ1n) is 9.30. The van der Waals surface area contributed by atoms with Gasteiger partial charge in [0.15, 0.2) is 0 Å². The van der Waals surface area contributed by atoms with Gasteiger partial charge in [-0.3, -0.25) is 0 Å². The Bertz CT molecular complexity index is 953. The van der Waals surface area contributed by atoms with E-state index in [-0.39, 0.29) is 24.5 Å². The van der Waals surface area contributed by atoms with E-state index < -0.39 is 24.0 Å². The Morgan fingerprint density at radius 1 is 0.966 bits per heavy atom. The minimum Gasteiger partial charge on any atom is -0.463 e. The molecule has 0 radical (unpaired) electrons. The third-order valence-corrected chi connectivity index (χ3v) is 4.44. The molecule has 1 aliphatic rings. The van der Waals surface area contributed by atoms with Crippen LogP contribution in [0.2, 0.25) is 0 Å². The SMILES string of the molecule is CCOC(=O)C1=C(COC(=O)c2ccccc2-c2ccccc2)NC(=O)N[C@@H]1C. The van der Waals surface area contributed by atoms with Crippen molar-refractivity contribution >= 4 is 18.0 Å². The van der Waals surface area contributed by atoms with Gasteiger partial charge in [-0.15, -0.1) is 0 Å². The van der Waals surface area contributed by atoms with E-state index in [1.54, 1.807) is 26.0 Å². The number of hydrogen-bond donors (Lipinski definition) is 2. The van der Waals surface area contributed by atoms with Crippen molar-refractivity contribution in [3.05, 3.63) is 71.4 Å². The van der Waals surface area contributed by atoms with E-state index in [0.29, 0.717) is 5.56 Å². The molecular weight excluding hydrogens is 372 g/mol. The second-order valence-corrected chi connectivity index (χ2v) is 6.42. The summed E-state index contributed by atoms with van der Waals surface area (Å²) in [4.78, 5) is 36.8. The summed E-state index contributed by atoms with van der Waals surface area (Å²) < 4.78 is 10.5. The van der Waals surface area contributed by atoms with Crippen LogP contribution in [-0.2, 0) is 14.3 Å². The van der Waals surface area contributed by atoms with Crippen molar-refractivity contribution in [1.82, 2.24) is 10.6 Å². The molecule has 0 spiro atoms. The first kappa shape index (κ1) is 20.1. The molecular formula is C22H22N2O5. The number of carbonyl (C=O) groups is 3. The maximum absolute atomic E-state index is 12.8. The lowest BCUT2D eigenvalue weighted by Crippen LogP contribution is -2.50. The molecule has 150 valence electrons. The van der Waals surface area contributed by atoms with Gasteiger partial charge in [0, 0.05) is 0 Å². The van der Waals surface area contributed by atoms with Gasteiger partial charge in [-0.1, -0.05) is 48.5 Å². The van der Waals surface area contributed by atoms with E-state index in [9.17, 15) is 14.4 Å². The summed E-state index contributed by atoms with van der Waals surface area (Å²) in [5.41, 5.74) is 2.46. The van der Waals surface area contributed by atoms with Crippen molar-refractivity contribution < 1.29 is 23.9 Å². The number of esters is 2. The molecule has 29 heavy (non-hydrogen) atoms. The summed E-state index contributed by atoms with van der Waals surface area (Å²) in [5.74, 6) is -1.12. The smallest absolute Gasteiger partial charge is 0.339 e. The summed E-state index contributed by atoms with van der Waals surface area (Å²) in [6, 6.07) is 15.6. The number of amides is 2. The molecule has 0 unspecified atom stereocenters. The minimum absolute atomic E-state index is 0.195. The molecule has 3 rings (SSSR count). The molecule has 1 heterocycles. The molecule has 0 bridgehead atoms. The average molecular weight is 394 g/mol. The van der Waals surface area contributed by atoms with Gasteiger partial charge in [-0.05, 0) is 31.0 Å². The maximum Gasteiger partial charge on any atom is 0.339 e. The predicted molar refractivity (Wildman–Crippen MR) is 107 cm³/mol. The van der Waals surface area contributed by atoms with Gasteiger partial charge in [0.1, 0.15) is 6.61 Å². The van der Waals surface area contributed by atoms with Crippen LogP contribution in [0.3, 0.4) is 0 Å². The van der Waals surface area contributed by atoms with E-state index in [1.165, 1.54) is 0 Å². The van der Waals surface area contributed by atoms with Gasteiger partial charge in [-0.25, -0.2) is 14.4 Å². The fourth-order valence-electron chi connectivity index (χ4n) is 3.14. The summed E-state index contributed by atoms with van der Waals surface area (Å²) in [5, 5.41) is 5.14. The number of benzene rings is 2. The number of nitrogens with one attached hydrogen (secondary N) is 2.